The van der Waals surface area contributed by atoms with Gasteiger partial charge in [0.2, 0.25) is 17.7 Å². The fourth-order valence-corrected chi connectivity index (χ4v) is 2.98. The highest BCUT2D eigenvalue weighted by Crippen LogP contribution is 2.22. The molecule has 7 heteroatoms. The first-order valence-electron chi connectivity index (χ1n) is 8.45. The highest BCUT2D eigenvalue weighted by atomic mass is 16.5. The number of hydrogen-bond donors (Lipinski definition) is 0. The molecule has 134 valence electrons. The van der Waals surface area contributed by atoms with Gasteiger partial charge in [-0.1, -0.05) is 30.3 Å². The van der Waals surface area contributed by atoms with Crippen LogP contribution < -0.4 is 0 Å². The molecule has 0 saturated carbocycles. The van der Waals surface area contributed by atoms with Crippen LogP contribution in [0.25, 0.3) is 0 Å². The van der Waals surface area contributed by atoms with Crippen molar-refractivity contribution in [1.82, 2.24) is 20.0 Å². The van der Waals surface area contributed by atoms with Gasteiger partial charge in [0.05, 0.1) is 19.2 Å². The summed E-state index contributed by atoms with van der Waals surface area (Å²) < 4.78 is 11.2. The van der Waals surface area contributed by atoms with Crippen molar-refractivity contribution < 1.29 is 13.9 Å². The molecular weight excluding hydrogens is 320 g/mol. The van der Waals surface area contributed by atoms with Crippen LogP contribution in [0.4, 0.5) is 0 Å². The second-order valence-corrected chi connectivity index (χ2v) is 6.47. The number of ether oxygens (including phenoxy) is 1. The summed E-state index contributed by atoms with van der Waals surface area (Å²) in [5, 5.41) is 7.86. The number of morpholine rings is 1. The van der Waals surface area contributed by atoms with Crippen molar-refractivity contribution >= 4 is 5.91 Å². The maximum Gasteiger partial charge on any atom is 0.246 e. The van der Waals surface area contributed by atoms with E-state index < -0.39 is 0 Å². The molecule has 0 aliphatic carbocycles. The highest BCUT2D eigenvalue weighted by molar-refractivity contribution is 5.82. The third-order valence-electron chi connectivity index (χ3n) is 4.38. The molecule has 2 unspecified atom stereocenters. The average Bonchev–Trinajstić information content (AvgIpc) is 3.06. The van der Waals surface area contributed by atoms with Crippen LogP contribution in [0.3, 0.4) is 0 Å². The Hall–Kier alpha value is -2.25. The van der Waals surface area contributed by atoms with E-state index in [1.165, 1.54) is 0 Å². The minimum absolute atomic E-state index is 0.0957. The third-order valence-corrected chi connectivity index (χ3v) is 4.38. The van der Waals surface area contributed by atoms with Gasteiger partial charge in [0.25, 0.3) is 0 Å². The lowest BCUT2D eigenvalue weighted by molar-refractivity contribution is -0.144. The summed E-state index contributed by atoms with van der Waals surface area (Å²) in [6, 6.07) is 9.85. The minimum atomic E-state index is -0.363. The fraction of sp³-hybridized carbons (Fsp3) is 0.500. The van der Waals surface area contributed by atoms with E-state index in [0.717, 1.165) is 5.56 Å². The first-order valence-corrected chi connectivity index (χ1v) is 8.45. The van der Waals surface area contributed by atoms with Crippen LogP contribution in [0.1, 0.15) is 23.4 Å². The summed E-state index contributed by atoms with van der Waals surface area (Å²) in [7, 11) is 3.87. The number of hydrogen-bond acceptors (Lipinski definition) is 6. The van der Waals surface area contributed by atoms with Gasteiger partial charge in [-0.3, -0.25) is 9.69 Å². The first kappa shape index (κ1) is 17.6. The number of benzene rings is 1. The second kappa shape index (κ2) is 7.76. The highest BCUT2D eigenvalue weighted by Gasteiger charge is 2.33. The molecule has 0 bridgehead atoms. The van der Waals surface area contributed by atoms with Crippen molar-refractivity contribution in [3.63, 3.8) is 0 Å². The standard InChI is InChI=1S/C18H24N4O3/c1-13-19-20-17(25-13)16-12-22(9-10-24-16)18(23)15(21(2)3)11-14-7-5-4-6-8-14/h4-8,15-16H,9-12H2,1-3H3. The van der Waals surface area contributed by atoms with Gasteiger partial charge in [-0.15, -0.1) is 10.2 Å². The van der Waals surface area contributed by atoms with Gasteiger partial charge in [0.15, 0.2) is 6.10 Å². The SMILES string of the molecule is Cc1nnc(C2CN(C(=O)C(Cc3ccccc3)N(C)C)CCO2)o1. The van der Waals surface area contributed by atoms with E-state index in [0.29, 0.717) is 37.9 Å². The van der Waals surface area contributed by atoms with E-state index >= 15 is 0 Å². The second-order valence-electron chi connectivity index (χ2n) is 6.47. The molecule has 1 fully saturated rings. The number of amides is 1. The predicted molar refractivity (Wildman–Crippen MR) is 91.9 cm³/mol. The van der Waals surface area contributed by atoms with Crippen LogP contribution in [0.5, 0.6) is 0 Å². The molecule has 1 aliphatic heterocycles. The lowest BCUT2D eigenvalue weighted by Gasteiger charge is -2.35. The monoisotopic (exact) mass is 344 g/mol. The summed E-state index contributed by atoms with van der Waals surface area (Å²) in [5.74, 6) is 1.02. The maximum atomic E-state index is 13.1. The molecule has 0 spiro atoms. The zero-order valence-corrected chi connectivity index (χ0v) is 14.9. The summed E-state index contributed by atoms with van der Waals surface area (Å²) in [5.41, 5.74) is 1.15. The van der Waals surface area contributed by atoms with Crippen LogP contribution in [0.15, 0.2) is 34.7 Å². The molecule has 1 saturated heterocycles. The van der Waals surface area contributed by atoms with Gasteiger partial charge in [-0.25, -0.2) is 0 Å². The molecule has 1 aromatic carbocycles. The first-order chi connectivity index (χ1) is 12.0. The Morgan fingerprint density at radius 3 is 2.72 bits per heavy atom. The van der Waals surface area contributed by atoms with Crippen molar-refractivity contribution in [2.24, 2.45) is 0 Å². The zero-order chi connectivity index (χ0) is 17.8. The van der Waals surface area contributed by atoms with E-state index in [1.807, 2.05) is 54.2 Å². The van der Waals surface area contributed by atoms with E-state index in [4.69, 9.17) is 9.15 Å². The normalized spacial score (nSPS) is 19.2. The van der Waals surface area contributed by atoms with E-state index in [9.17, 15) is 4.79 Å². The van der Waals surface area contributed by atoms with Crippen molar-refractivity contribution in [3.05, 3.63) is 47.7 Å². The number of aromatic nitrogens is 2. The van der Waals surface area contributed by atoms with Crippen LogP contribution in [0.2, 0.25) is 0 Å². The topological polar surface area (TPSA) is 71.7 Å². The molecular formula is C18H24N4O3. The quantitative estimate of drug-likeness (QED) is 0.818. The lowest BCUT2D eigenvalue weighted by Crippen LogP contribution is -2.51. The average molecular weight is 344 g/mol. The van der Waals surface area contributed by atoms with Gasteiger partial charge in [-0.05, 0) is 26.1 Å². The summed E-state index contributed by atoms with van der Waals surface area (Å²) in [6.45, 7) is 3.20. The molecule has 2 heterocycles. The number of rotatable bonds is 5. The molecule has 25 heavy (non-hydrogen) atoms. The van der Waals surface area contributed by atoms with Gasteiger partial charge < -0.3 is 14.1 Å². The molecule has 2 atom stereocenters. The van der Waals surface area contributed by atoms with E-state index in [1.54, 1.807) is 6.92 Å². The van der Waals surface area contributed by atoms with Gasteiger partial charge >= 0.3 is 0 Å². The van der Waals surface area contributed by atoms with Crippen molar-refractivity contribution in [1.29, 1.82) is 0 Å². The number of nitrogens with zero attached hydrogens (tertiary/aromatic N) is 4. The van der Waals surface area contributed by atoms with Gasteiger partial charge in [0.1, 0.15) is 0 Å². The number of likely N-dealkylation sites (N-methyl/N-ethyl adjacent to an activating group) is 1. The number of carbonyl (C=O) groups excluding carboxylic acids is 1. The molecule has 7 nitrogen and oxygen atoms in total. The molecule has 0 N–H and O–H groups in total. The Kier molecular flexibility index (Phi) is 5.45. The number of aryl methyl sites for hydroxylation is 1. The minimum Gasteiger partial charge on any atom is -0.423 e. The van der Waals surface area contributed by atoms with Crippen molar-refractivity contribution in [2.75, 3.05) is 33.8 Å². The Bertz CT molecular complexity index is 701. The van der Waals surface area contributed by atoms with Crippen LogP contribution in [-0.2, 0) is 16.0 Å². The smallest absolute Gasteiger partial charge is 0.246 e. The third kappa shape index (κ3) is 4.24. The van der Waals surface area contributed by atoms with Crippen LogP contribution in [-0.4, -0.2) is 65.7 Å². The van der Waals surface area contributed by atoms with Crippen molar-refractivity contribution in [3.8, 4) is 0 Å². The molecule has 0 radical (unpaired) electrons. The summed E-state index contributed by atoms with van der Waals surface area (Å²) in [4.78, 5) is 16.9. The molecule has 1 amide bonds. The van der Waals surface area contributed by atoms with E-state index in [-0.39, 0.29) is 18.1 Å². The Morgan fingerprint density at radius 1 is 1.32 bits per heavy atom. The molecule has 3 rings (SSSR count). The van der Waals surface area contributed by atoms with E-state index in [2.05, 4.69) is 10.2 Å². The Labute approximate surface area is 147 Å². The van der Waals surface area contributed by atoms with Gasteiger partial charge in [-0.2, -0.15) is 0 Å². The Morgan fingerprint density at radius 2 is 2.08 bits per heavy atom. The molecule has 1 aliphatic rings. The largest absolute Gasteiger partial charge is 0.423 e. The molecule has 1 aromatic heterocycles. The number of carbonyl (C=O) groups is 1. The zero-order valence-electron chi connectivity index (χ0n) is 14.9. The van der Waals surface area contributed by atoms with Crippen LogP contribution >= 0.6 is 0 Å². The van der Waals surface area contributed by atoms with Crippen LogP contribution in [0, 0.1) is 6.92 Å². The van der Waals surface area contributed by atoms with Crippen molar-refractivity contribution in [2.45, 2.75) is 25.5 Å². The summed E-state index contributed by atoms with van der Waals surface area (Å²) in [6.07, 6.45) is 0.312. The maximum absolute atomic E-state index is 13.1. The summed E-state index contributed by atoms with van der Waals surface area (Å²) >= 11 is 0. The Balaban J connectivity index is 1.70. The lowest BCUT2D eigenvalue weighted by atomic mass is 10.0. The molecule has 2 aromatic rings. The predicted octanol–water partition coefficient (Wildman–Crippen LogP) is 1.45. The van der Waals surface area contributed by atoms with Gasteiger partial charge in [0, 0.05) is 13.5 Å². The fourth-order valence-electron chi connectivity index (χ4n) is 2.98.